The molecule has 1 aromatic carbocycles. The molecule has 0 bridgehead atoms. The summed E-state index contributed by atoms with van der Waals surface area (Å²) in [5.74, 6) is 0.280. The van der Waals surface area contributed by atoms with Gasteiger partial charge in [-0.25, -0.2) is 15.0 Å². The number of amides is 1. The Balaban J connectivity index is 1.39. The molecule has 1 aliphatic heterocycles. The first-order chi connectivity index (χ1) is 15.7. The van der Waals surface area contributed by atoms with Crippen LogP contribution in [0.1, 0.15) is 11.9 Å². The number of thioether (sulfide) groups is 1. The standard InChI is InChI=1S/C20H18N8O3S/c21-17-16-18(24-10-23-17)28(8-7-22-11-29)20(26-16)32-15-9-30-19(31-15)13-4-2-1-3-12(13)14-5-6-25-27-14/h1-6,9-11,19H,7-8H2,(H,22,29)(H,25,27)(H2,21,23,24). The largest absolute Gasteiger partial charge is 0.454 e. The number of aromatic amines is 1. The summed E-state index contributed by atoms with van der Waals surface area (Å²) in [5.41, 5.74) is 9.60. The quantitative estimate of drug-likeness (QED) is 0.271. The van der Waals surface area contributed by atoms with Crippen LogP contribution >= 0.6 is 11.8 Å². The highest BCUT2D eigenvalue weighted by atomic mass is 32.2. The molecule has 1 aliphatic rings. The predicted octanol–water partition coefficient (Wildman–Crippen LogP) is 2.18. The fourth-order valence-corrected chi connectivity index (χ4v) is 4.19. The van der Waals surface area contributed by atoms with Crippen LogP contribution in [0.5, 0.6) is 0 Å². The number of nitrogens with two attached hydrogens (primary N) is 1. The highest BCUT2D eigenvalue weighted by Gasteiger charge is 2.27. The van der Waals surface area contributed by atoms with Crippen molar-refractivity contribution in [3.8, 4) is 11.3 Å². The molecular formula is C20H18N8O3S. The smallest absolute Gasteiger partial charge is 0.268 e. The van der Waals surface area contributed by atoms with Crippen LogP contribution in [0.25, 0.3) is 22.4 Å². The van der Waals surface area contributed by atoms with Crippen molar-refractivity contribution in [2.24, 2.45) is 0 Å². The monoisotopic (exact) mass is 450 g/mol. The van der Waals surface area contributed by atoms with Crippen molar-refractivity contribution in [1.29, 1.82) is 0 Å². The van der Waals surface area contributed by atoms with E-state index < -0.39 is 6.29 Å². The molecule has 1 amide bonds. The maximum absolute atomic E-state index is 10.7. The first-order valence-electron chi connectivity index (χ1n) is 9.67. The van der Waals surface area contributed by atoms with Crippen LogP contribution in [0.2, 0.25) is 0 Å². The van der Waals surface area contributed by atoms with Crippen LogP contribution < -0.4 is 11.1 Å². The van der Waals surface area contributed by atoms with Gasteiger partial charge in [-0.15, -0.1) is 0 Å². The summed E-state index contributed by atoms with van der Waals surface area (Å²) < 4.78 is 13.7. The second-order valence-corrected chi connectivity index (χ2v) is 7.69. The zero-order chi connectivity index (χ0) is 21.9. The van der Waals surface area contributed by atoms with Crippen LogP contribution in [0, 0.1) is 0 Å². The molecule has 4 heterocycles. The Morgan fingerprint density at radius 1 is 1.28 bits per heavy atom. The number of anilines is 1. The van der Waals surface area contributed by atoms with Crippen molar-refractivity contribution < 1.29 is 14.3 Å². The molecule has 1 atom stereocenters. The number of nitrogen functional groups attached to an aromatic ring is 1. The molecule has 11 nitrogen and oxygen atoms in total. The number of hydrogen-bond acceptors (Lipinski definition) is 9. The molecule has 1 unspecified atom stereocenters. The molecule has 0 saturated heterocycles. The van der Waals surface area contributed by atoms with Crippen molar-refractivity contribution in [1.82, 2.24) is 35.0 Å². The maximum Gasteiger partial charge on any atom is 0.268 e. The van der Waals surface area contributed by atoms with Crippen LogP contribution in [-0.4, -0.2) is 42.7 Å². The topological polar surface area (TPSA) is 146 Å². The predicted molar refractivity (Wildman–Crippen MR) is 117 cm³/mol. The summed E-state index contributed by atoms with van der Waals surface area (Å²) in [4.78, 5) is 23.5. The first-order valence-corrected chi connectivity index (χ1v) is 10.5. The van der Waals surface area contributed by atoms with E-state index in [9.17, 15) is 4.79 Å². The third-order valence-corrected chi connectivity index (χ3v) is 5.67. The van der Waals surface area contributed by atoms with Gasteiger partial charge in [0.25, 0.3) is 6.29 Å². The van der Waals surface area contributed by atoms with Gasteiger partial charge in [0, 0.05) is 30.4 Å². The van der Waals surface area contributed by atoms with E-state index in [0.717, 1.165) is 16.8 Å². The van der Waals surface area contributed by atoms with E-state index in [2.05, 4.69) is 30.5 Å². The first kappa shape index (κ1) is 19.9. The summed E-state index contributed by atoms with van der Waals surface area (Å²) in [6, 6.07) is 9.64. The van der Waals surface area contributed by atoms with Crippen LogP contribution in [0.4, 0.5) is 5.82 Å². The number of fused-ring (bicyclic) bond motifs is 1. The van der Waals surface area contributed by atoms with Gasteiger partial charge in [-0.05, 0) is 17.8 Å². The lowest BCUT2D eigenvalue weighted by atomic mass is 10.0. The number of hydrogen-bond donors (Lipinski definition) is 3. The minimum Gasteiger partial charge on any atom is -0.454 e. The number of carbonyl (C=O) groups is 1. The Bertz CT molecular complexity index is 1290. The van der Waals surface area contributed by atoms with E-state index in [1.807, 2.05) is 34.9 Å². The molecular weight excluding hydrogens is 432 g/mol. The third-order valence-electron chi connectivity index (χ3n) is 4.78. The molecule has 162 valence electrons. The van der Waals surface area contributed by atoms with E-state index in [0.29, 0.717) is 40.9 Å². The maximum atomic E-state index is 10.7. The molecule has 32 heavy (non-hydrogen) atoms. The highest BCUT2D eigenvalue weighted by molar-refractivity contribution is 8.02. The van der Waals surface area contributed by atoms with Crippen molar-refractivity contribution in [3.05, 3.63) is 59.8 Å². The van der Waals surface area contributed by atoms with Gasteiger partial charge in [0.05, 0.1) is 5.69 Å². The lowest BCUT2D eigenvalue weighted by Crippen LogP contribution is -2.18. The van der Waals surface area contributed by atoms with Gasteiger partial charge < -0.3 is 25.1 Å². The molecule has 4 aromatic rings. The van der Waals surface area contributed by atoms with Crippen LogP contribution in [-0.2, 0) is 20.8 Å². The zero-order valence-electron chi connectivity index (χ0n) is 16.6. The summed E-state index contributed by atoms with van der Waals surface area (Å²) in [6.07, 6.45) is 4.73. The summed E-state index contributed by atoms with van der Waals surface area (Å²) in [7, 11) is 0. The number of rotatable bonds is 8. The van der Waals surface area contributed by atoms with Gasteiger partial charge in [0.15, 0.2) is 22.1 Å². The Labute approximate surface area is 186 Å². The van der Waals surface area contributed by atoms with Gasteiger partial charge in [-0.2, -0.15) is 5.10 Å². The average Bonchev–Trinajstić information content (AvgIpc) is 3.56. The minimum atomic E-state index is -0.621. The summed E-state index contributed by atoms with van der Waals surface area (Å²) in [5, 5.41) is 10.8. The Morgan fingerprint density at radius 3 is 3.03 bits per heavy atom. The number of imidazole rings is 1. The summed E-state index contributed by atoms with van der Waals surface area (Å²) in [6.45, 7) is 0.857. The van der Waals surface area contributed by atoms with E-state index in [1.165, 1.54) is 18.1 Å². The minimum absolute atomic E-state index is 0.280. The normalized spacial score (nSPS) is 15.2. The molecule has 5 rings (SSSR count). The van der Waals surface area contributed by atoms with Crippen molar-refractivity contribution in [2.75, 3.05) is 12.3 Å². The van der Waals surface area contributed by atoms with Gasteiger partial charge in [0.2, 0.25) is 11.5 Å². The molecule has 0 fully saturated rings. The number of nitrogens with one attached hydrogen (secondary N) is 2. The lowest BCUT2D eigenvalue weighted by molar-refractivity contribution is -0.109. The Morgan fingerprint density at radius 2 is 2.19 bits per heavy atom. The SMILES string of the molecule is Nc1ncnc2c1nc(SC1=COC(c3ccccc3-c3cc[nH]n3)O1)n2CCNC=O. The molecule has 0 saturated carbocycles. The van der Waals surface area contributed by atoms with E-state index in [4.69, 9.17) is 15.2 Å². The molecule has 0 radical (unpaired) electrons. The molecule has 3 aromatic heterocycles. The number of carbonyl (C=O) groups excluding carboxylic acids is 1. The van der Waals surface area contributed by atoms with Crippen molar-refractivity contribution >= 4 is 35.2 Å². The molecule has 12 heteroatoms. The van der Waals surface area contributed by atoms with E-state index in [1.54, 1.807) is 12.5 Å². The van der Waals surface area contributed by atoms with Gasteiger partial charge >= 0.3 is 0 Å². The Kier molecular flexibility index (Phi) is 5.34. The van der Waals surface area contributed by atoms with Crippen LogP contribution in [0.3, 0.4) is 0 Å². The van der Waals surface area contributed by atoms with Crippen LogP contribution in [0.15, 0.2) is 59.4 Å². The number of benzene rings is 1. The molecule has 4 N–H and O–H groups in total. The van der Waals surface area contributed by atoms with E-state index >= 15 is 0 Å². The van der Waals surface area contributed by atoms with Gasteiger partial charge in [-0.3, -0.25) is 9.89 Å². The fraction of sp³-hybridized carbons (Fsp3) is 0.150. The third kappa shape index (κ3) is 3.71. The lowest BCUT2D eigenvalue weighted by Gasteiger charge is -2.15. The highest BCUT2D eigenvalue weighted by Crippen LogP contribution is 2.40. The van der Waals surface area contributed by atoms with Gasteiger partial charge in [-0.1, -0.05) is 24.3 Å². The second-order valence-electron chi connectivity index (χ2n) is 6.72. The van der Waals surface area contributed by atoms with Gasteiger partial charge in [0.1, 0.15) is 12.6 Å². The number of aromatic nitrogens is 6. The molecule has 0 spiro atoms. The summed E-state index contributed by atoms with van der Waals surface area (Å²) >= 11 is 1.28. The van der Waals surface area contributed by atoms with Crippen molar-refractivity contribution in [2.45, 2.75) is 18.0 Å². The zero-order valence-corrected chi connectivity index (χ0v) is 17.5. The number of nitrogens with zero attached hydrogens (tertiary/aromatic N) is 5. The second kappa shape index (κ2) is 8.59. The number of H-pyrrole nitrogens is 1. The average molecular weight is 450 g/mol. The fourth-order valence-electron chi connectivity index (χ4n) is 3.35. The number of ether oxygens (including phenoxy) is 2. The van der Waals surface area contributed by atoms with Crippen molar-refractivity contribution in [3.63, 3.8) is 0 Å². The molecule has 0 aliphatic carbocycles. The Hall–Kier alpha value is -4.06. The van der Waals surface area contributed by atoms with E-state index in [-0.39, 0.29) is 5.82 Å².